The third kappa shape index (κ3) is 1.96. The van der Waals surface area contributed by atoms with Crippen molar-refractivity contribution in [3.63, 3.8) is 0 Å². The zero-order chi connectivity index (χ0) is 13.8. The molecule has 0 saturated heterocycles. The first kappa shape index (κ1) is 14.5. The van der Waals surface area contributed by atoms with Crippen LogP contribution in [0.2, 0.25) is 0 Å². The Balaban J connectivity index is 3.42. The third-order valence-electron chi connectivity index (χ3n) is 3.72. The van der Waals surface area contributed by atoms with Gasteiger partial charge in [-0.25, -0.2) is 0 Å². The molecular formula is C14H20O4. The normalized spacial score (nSPS) is 30.3. The van der Waals surface area contributed by atoms with E-state index in [9.17, 15) is 19.8 Å². The lowest BCUT2D eigenvalue weighted by molar-refractivity contribution is -0.167. The minimum absolute atomic E-state index is 0.329. The van der Waals surface area contributed by atoms with Crippen LogP contribution in [0.3, 0.4) is 0 Å². The number of allylic oxidation sites excluding steroid dienone is 2. The van der Waals surface area contributed by atoms with Gasteiger partial charge in [0.25, 0.3) is 0 Å². The molecule has 2 N–H and O–H groups in total. The van der Waals surface area contributed by atoms with Crippen LogP contribution in [0.4, 0.5) is 0 Å². The van der Waals surface area contributed by atoms with Gasteiger partial charge in [0.15, 0.2) is 0 Å². The molecule has 0 fully saturated rings. The predicted octanol–water partition coefficient (Wildman–Crippen LogP) is 2.85. The van der Waals surface area contributed by atoms with Crippen LogP contribution in [0.1, 0.15) is 39.5 Å². The van der Waals surface area contributed by atoms with Gasteiger partial charge in [-0.1, -0.05) is 51.0 Å². The van der Waals surface area contributed by atoms with E-state index in [0.29, 0.717) is 25.7 Å². The highest BCUT2D eigenvalue weighted by Gasteiger charge is 2.58. The fraction of sp³-hybridized carbons (Fsp3) is 0.571. The molecule has 2 atom stereocenters. The van der Waals surface area contributed by atoms with Gasteiger partial charge >= 0.3 is 11.9 Å². The van der Waals surface area contributed by atoms with Gasteiger partial charge in [0, 0.05) is 0 Å². The zero-order valence-corrected chi connectivity index (χ0v) is 10.8. The first-order chi connectivity index (χ1) is 8.47. The Bertz CT molecular complexity index is 359. The van der Waals surface area contributed by atoms with Crippen molar-refractivity contribution in [3.05, 3.63) is 24.3 Å². The summed E-state index contributed by atoms with van der Waals surface area (Å²) in [4.78, 5) is 23.4. The van der Waals surface area contributed by atoms with E-state index < -0.39 is 22.8 Å². The molecule has 4 heteroatoms. The Morgan fingerprint density at radius 3 is 1.44 bits per heavy atom. The Kier molecular flexibility index (Phi) is 4.33. The van der Waals surface area contributed by atoms with Crippen molar-refractivity contribution < 1.29 is 19.8 Å². The van der Waals surface area contributed by atoms with Crippen LogP contribution in [0.5, 0.6) is 0 Å². The molecule has 0 aromatic heterocycles. The second kappa shape index (κ2) is 5.38. The predicted molar refractivity (Wildman–Crippen MR) is 68.2 cm³/mol. The molecule has 100 valence electrons. The van der Waals surface area contributed by atoms with E-state index in [0.717, 1.165) is 0 Å². The zero-order valence-electron chi connectivity index (χ0n) is 10.8. The van der Waals surface area contributed by atoms with Crippen molar-refractivity contribution in [1.82, 2.24) is 0 Å². The molecule has 0 radical (unpaired) electrons. The Morgan fingerprint density at radius 2 is 1.22 bits per heavy atom. The van der Waals surface area contributed by atoms with Crippen LogP contribution in [0.25, 0.3) is 0 Å². The van der Waals surface area contributed by atoms with Gasteiger partial charge in [-0.15, -0.1) is 0 Å². The molecular weight excluding hydrogens is 232 g/mol. The van der Waals surface area contributed by atoms with E-state index in [1.165, 1.54) is 0 Å². The summed E-state index contributed by atoms with van der Waals surface area (Å²) in [6, 6.07) is 0. The lowest BCUT2D eigenvalue weighted by Crippen LogP contribution is -2.51. The van der Waals surface area contributed by atoms with Crippen LogP contribution >= 0.6 is 0 Å². The van der Waals surface area contributed by atoms with Crippen LogP contribution < -0.4 is 0 Å². The summed E-state index contributed by atoms with van der Waals surface area (Å²) in [6.07, 6.45) is 8.28. The number of carbonyl (C=O) groups is 2. The number of hydrogen-bond acceptors (Lipinski definition) is 2. The summed E-state index contributed by atoms with van der Waals surface area (Å²) < 4.78 is 0. The molecule has 1 aliphatic carbocycles. The molecule has 0 amide bonds. The van der Waals surface area contributed by atoms with Crippen molar-refractivity contribution in [3.8, 4) is 0 Å². The summed E-state index contributed by atoms with van der Waals surface area (Å²) in [5.41, 5.74) is -2.67. The van der Waals surface area contributed by atoms with Crippen molar-refractivity contribution >= 4 is 11.9 Å². The Morgan fingerprint density at radius 1 is 0.889 bits per heavy atom. The summed E-state index contributed by atoms with van der Waals surface area (Å²) in [6.45, 7) is 3.74. The molecule has 0 bridgehead atoms. The fourth-order valence-electron chi connectivity index (χ4n) is 2.88. The van der Waals surface area contributed by atoms with Gasteiger partial charge in [0.05, 0.1) is 0 Å². The standard InChI is InChI=1S/C14H20O4/c1-3-7-13(11(15)16)9-5-6-10-14(13,8-4-2)12(17)18/h5-6,9-10H,3-4,7-8H2,1-2H3,(H,15,16)(H,17,18)/t13-,14+. The maximum atomic E-state index is 11.7. The smallest absolute Gasteiger partial charge is 0.315 e. The van der Waals surface area contributed by atoms with Gasteiger partial charge < -0.3 is 10.2 Å². The van der Waals surface area contributed by atoms with Gasteiger partial charge in [0.2, 0.25) is 0 Å². The van der Waals surface area contributed by atoms with Crippen LogP contribution in [0, 0.1) is 10.8 Å². The first-order valence-electron chi connectivity index (χ1n) is 6.30. The maximum Gasteiger partial charge on any atom is 0.315 e. The van der Waals surface area contributed by atoms with E-state index in [1.54, 1.807) is 24.3 Å². The molecule has 0 unspecified atom stereocenters. The highest BCUT2D eigenvalue weighted by molar-refractivity contribution is 5.90. The van der Waals surface area contributed by atoms with Crippen molar-refractivity contribution in [2.45, 2.75) is 39.5 Å². The summed E-state index contributed by atoms with van der Waals surface area (Å²) in [5, 5.41) is 19.2. The molecule has 0 aliphatic heterocycles. The molecule has 0 heterocycles. The second-order valence-electron chi connectivity index (χ2n) is 4.77. The SMILES string of the molecule is CCC[C@]1(C(=O)O)C=CC=C[C@@]1(CCC)C(=O)O. The number of rotatable bonds is 6. The molecule has 0 aromatic rings. The van der Waals surface area contributed by atoms with E-state index in [2.05, 4.69) is 0 Å². The summed E-state index contributed by atoms with van der Waals surface area (Å²) in [5.74, 6) is -2.11. The number of aliphatic carboxylic acids is 2. The minimum Gasteiger partial charge on any atom is -0.481 e. The van der Waals surface area contributed by atoms with E-state index in [-0.39, 0.29) is 0 Å². The van der Waals surface area contributed by atoms with Gasteiger partial charge in [-0.2, -0.15) is 0 Å². The molecule has 1 aliphatic rings. The molecule has 0 spiro atoms. The van der Waals surface area contributed by atoms with Crippen LogP contribution in [-0.2, 0) is 9.59 Å². The monoisotopic (exact) mass is 252 g/mol. The highest BCUT2D eigenvalue weighted by atomic mass is 16.4. The Labute approximate surface area is 107 Å². The lowest BCUT2D eigenvalue weighted by atomic mass is 9.57. The maximum absolute atomic E-state index is 11.7. The largest absolute Gasteiger partial charge is 0.481 e. The van der Waals surface area contributed by atoms with E-state index in [4.69, 9.17) is 0 Å². The molecule has 0 aromatic carbocycles. The fourth-order valence-corrected chi connectivity index (χ4v) is 2.88. The van der Waals surface area contributed by atoms with E-state index >= 15 is 0 Å². The van der Waals surface area contributed by atoms with Crippen molar-refractivity contribution in [2.75, 3.05) is 0 Å². The number of carboxylic acid groups (broad SMARTS) is 2. The van der Waals surface area contributed by atoms with E-state index in [1.807, 2.05) is 13.8 Å². The second-order valence-corrected chi connectivity index (χ2v) is 4.77. The van der Waals surface area contributed by atoms with Gasteiger partial charge in [-0.05, 0) is 12.8 Å². The summed E-state index contributed by atoms with van der Waals surface area (Å²) >= 11 is 0. The molecule has 4 nitrogen and oxygen atoms in total. The number of carboxylic acids is 2. The van der Waals surface area contributed by atoms with Crippen molar-refractivity contribution in [1.29, 1.82) is 0 Å². The quantitative estimate of drug-likeness (QED) is 0.762. The first-order valence-corrected chi connectivity index (χ1v) is 6.30. The third-order valence-corrected chi connectivity index (χ3v) is 3.72. The minimum atomic E-state index is -1.33. The Hall–Kier alpha value is -1.58. The molecule has 18 heavy (non-hydrogen) atoms. The average Bonchev–Trinajstić information content (AvgIpc) is 2.31. The highest BCUT2D eigenvalue weighted by Crippen LogP contribution is 2.51. The lowest BCUT2D eigenvalue weighted by Gasteiger charge is -2.43. The van der Waals surface area contributed by atoms with Crippen molar-refractivity contribution in [2.24, 2.45) is 10.8 Å². The number of hydrogen-bond donors (Lipinski definition) is 2. The summed E-state index contributed by atoms with van der Waals surface area (Å²) in [7, 11) is 0. The van der Waals surface area contributed by atoms with Crippen LogP contribution in [0.15, 0.2) is 24.3 Å². The van der Waals surface area contributed by atoms with Gasteiger partial charge in [-0.3, -0.25) is 9.59 Å². The van der Waals surface area contributed by atoms with Gasteiger partial charge in [0.1, 0.15) is 10.8 Å². The molecule has 1 rings (SSSR count). The molecule has 0 saturated carbocycles. The topological polar surface area (TPSA) is 74.6 Å². The van der Waals surface area contributed by atoms with Crippen LogP contribution in [-0.4, -0.2) is 22.2 Å². The average molecular weight is 252 g/mol.